The molecule has 2 aromatic carbocycles. The van der Waals surface area contributed by atoms with Gasteiger partial charge >= 0.3 is 5.97 Å². The molecule has 0 aliphatic carbocycles. The minimum absolute atomic E-state index is 0.0186. The molecule has 0 aliphatic heterocycles. The van der Waals surface area contributed by atoms with Crippen molar-refractivity contribution in [2.75, 3.05) is 6.26 Å². The lowest BCUT2D eigenvalue weighted by Crippen LogP contribution is -2.09. The zero-order chi connectivity index (χ0) is 16.1. The summed E-state index contributed by atoms with van der Waals surface area (Å²) in [5, 5.41) is 0. The first-order chi connectivity index (χ1) is 10.5. The van der Waals surface area contributed by atoms with Gasteiger partial charge < -0.3 is 4.74 Å². The third-order valence-electron chi connectivity index (χ3n) is 3.40. The van der Waals surface area contributed by atoms with Crippen LogP contribution in [0.4, 0.5) is 0 Å². The quantitative estimate of drug-likeness (QED) is 0.462. The van der Waals surface area contributed by atoms with Crippen LogP contribution in [0.5, 0.6) is 0 Å². The lowest BCUT2D eigenvalue weighted by molar-refractivity contribution is 0.0337. The van der Waals surface area contributed by atoms with E-state index < -0.39 is 0 Å². The average molecular weight is 314 g/mol. The number of carbonyl (C=O) groups is 2. The first-order valence-corrected chi connectivity index (χ1v) is 8.19. The summed E-state index contributed by atoms with van der Waals surface area (Å²) in [6.45, 7) is 3.34. The fourth-order valence-corrected chi connectivity index (χ4v) is 2.42. The van der Waals surface area contributed by atoms with Crippen molar-refractivity contribution in [2.45, 2.75) is 24.8 Å². The van der Waals surface area contributed by atoms with E-state index in [1.54, 1.807) is 36.0 Å². The fraction of sp³-hybridized carbons (Fsp3) is 0.222. The van der Waals surface area contributed by atoms with Crippen LogP contribution >= 0.6 is 11.8 Å². The monoisotopic (exact) mass is 314 g/mol. The van der Waals surface area contributed by atoms with E-state index in [1.165, 1.54) is 6.92 Å². The number of esters is 1. The van der Waals surface area contributed by atoms with E-state index in [0.29, 0.717) is 11.1 Å². The van der Waals surface area contributed by atoms with Gasteiger partial charge in [0.2, 0.25) is 0 Å². The van der Waals surface area contributed by atoms with Gasteiger partial charge in [0.25, 0.3) is 0 Å². The van der Waals surface area contributed by atoms with Crippen molar-refractivity contribution in [3.63, 3.8) is 0 Å². The maximum atomic E-state index is 12.1. The Morgan fingerprint density at radius 2 is 1.50 bits per heavy atom. The minimum Gasteiger partial charge on any atom is -0.454 e. The van der Waals surface area contributed by atoms with Gasteiger partial charge in [-0.1, -0.05) is 24.3 Å². The second-order valence-corrected chi connectivity index (χ2v) is 5.83. The number of ether oxygens (including phenoxy) is 1. The van der Waals surface area contributed by atoms with Crippen LogP contribution in [-0.2, 0) is 4.74 Å². The van der Waals surface area contributed by atoms with Crippen LogP contribution in [0.25, 0.3) is 0 Å². The molecule has 0 bridgehead atoms. The summed E-state index contributed by atoms with van der Waals surface area (Å²) in [6.07, 6.45) is 1.62. The molecule has 0 amide bonds. The molecule has 22 heavy (non-hydrogen) atoms. The Bertz CT molecular complexity index is 660. The van der Waals surface area contributed by atoms with E-state index in [0.717, 1.165) is 10.5 Å². The van der Waals surface area contributed by atoms with Gasteiger partial charge in [-0.3, -0.25) is 4.79 Å². The van der Waals surface area contributed by atoms with E-state index in [-0.39, 0.29) is 17.9 Å². The summed E-state index contributed by atoms with van der Waals surface area (Å²) in [6, 6.07) is 14.4. The number of rotatable bonds is 5. The second-order valence-electron chi connectivity index (χ2n) is 4.95. The first-order valence-electron chi connectivity index (χ1n) is 6.97. The summed E-state index contributed by atoms with van der Waals surface area (Å²) in [5.41, 5.74) is 2.04. The topological polar surface area (TPSA) is 43.4 Å². The summed E-state index contributed by atoms with van der Waals surface area (Å²) < 4.78 is 5.47. The molecule has 3 nitrogen and oxygen atoms in total. The standard InChI is InChI=1S/C18H18O3S/c1-12(19)14-4-6-15(7-5-14)13(2)21-18(20)16-8-10-17(22-3)11-9-16/h4-11,13H,1-3H3. The van der Waals surface area contributed by atoms with Gasteiger partial charge in [0, 0.05) is 10.5 Å². The SMILES string of the molecule is CSc1ccc(C(=O)OC(C)c2ccc(C(C)=O)cc2)cc1. The van der Waals surface area contributed by atoms with Crippen LogP contribution in [-0.4, -0.2) is 18.0 Å². The van der Waals surface area contributed by atoms with Crippen LogP contribution in [0.1, 0.15) is 46.2 Å². The van der Waals surface area contributed by atoms with E-state index in [4.69, 9.17) is 4.74 Å². The van der Waals surface area contributed by atoms with Gasteiger partial charge in [0.15, 0.2) is 5.78 Å². The smallest absolute Gasteiger partial charge is 0.338 e. The molecule has 0 radical (unpaired) electrons. The highest BCUT2D eigenvalue weighted by molar-refractivity contribution is 7.98. The van der Waals surface area contributed by atoms with Crippen molar-refractivity contribution in [1.82, 2.24) is 0 Å². The zero-order valence-corrected chi connectivity index (χ0v) is 13.6. The third kappa shape index (κ3) is 3.98. The van der Waals surface area contributed by atoms with Gasteiger partial charge in [-0.25, -0.2) is 4.79 Å². The molecule has 0 aliphatic rings. The maximum absolute atomic E-state index is 12.1. The van der Waals surface area contributed by atoms with Gasteiger partial charge in [-0.05, 0) is 49.9 Å². The predicted molar refractivity (Wildman–Crippen MR) is 88.5 cm³/mol. The van der Waals surface area contributed by atoms with Crippen LogP contribution < -0.4 is 0 Å². The van der Waals surface area contributed by atoms with Crippen LogP contribution in [0, 0.1) is 0 Å². The van der Waals surface area contributed by atoms with Crippen LogP contribution in [0.2, 0.25) is 0 Å². The molecular weight excluding hydrogens is 296 g/mol. The number of hydrogen-bond acceptors (Lipinski definition) is 4. The summed E-state index contributed by atoms with van der Waals surface area (Å²) in [7, 11) is 0. The maximum Gasteiger partial charge on any atom is 0.338 e. The summed E-state index contributed by atoms with van der Waals surface area (Å²) in [5.74, 6) is -0.333. The number of Topliss-reactive ketones (excluding diaryl/α,β-unsaturated/α-hetero) is 1. The Labute approximate surface area is 134 Å². The van der Waals surface area contributed by atoms with Gasteiger partial charge in [0.1, 0.15) is 6.10 Å². The molecule has 2 aromatic rings. The third-order valence-corrected chi connectivity index (χ3v) is 4.14. The zero-order valence-electron chi connectivity index (χ0n) is 12.8. The van der Waals surface area contributed by atoms with Crippen LogP contribution in [0.3, 0.4) is 0 Å². The Morgan fingerprint density at radius 3 is 2.00 bits per heavy atom. The first kappa shape index (κ1) is 16.3. The highest BCUT2D eigenvalue weighted by Gasteiger charge is 2.14. The molecule has 4 heteroatoms. The molecule has 2 rings (SSSR count). The van der Waals surface area contributed by atoms with Crippen LogP contribution in [0.15, 0.2) is 53.4 Å². The van der Waals surface area contributed by atoms with Crippen molar-refractivity contribution >= 4 is 23.5 Å². The molecule has 0 spiro atoms. The number of benzene rings is 2. The van der Waals surface area contributed by atoms with E-state index in [2.05, 4.69) is 0 Å². The summed E-state index contributed by atoms with van der Waals surface area (Å²) >= 11 is 1.62. The molecule has 0 aromatic heterocycles. The molecule has 0 heterocycles. The Kier molecular flexibility index (Phi) is 5.39. The van der Waals surface area contributed by atoms with Crippen molar-refractivity contribution < 1.29 is 14.3 Å². The molecule has 0 N–H and O–H groups in total. The Morgan fingerprint density at radius 1 is 0.955 bits per heavy atom. The number of ketones is 1. The lowest BCUT2D eigenvalue weighted by Gasteiger charge is -2.14. The number of thioether (sulfide) groups is 1. The average Bonchev–Trinajstić information content (AvgIpc) is 2.54. The van der Waals surface area contributed by atoms with Crippen molar-refractivity contribution in [1.29, 1.82) is 0 Å². The highest BCUT2D eigenvalue weighted by atomic mass is 32.2. The predicted octanol–water partition coefficient (Wildman–Crippen LogP) is 4.53. The van der Waals surface area contributed by atoms with E-state index in [1.807, 2.05) is 37.4 Å². The molecule has 1 unspecified atom stereocenters. The van der Waals surface area contributed by atoms with Gasteiger partial charge in [0.05, 0.1) is 5.56 Å². The minimum atomic E-state index is -0.367. The second kappa shape index (κ2) is 7.27. The molecular formula is C18H18O3S. The van der Waals surface area contributed by atoms with E-state index >= 15 is 0 Å². The van der Waals surface area contributed by atoms with Gasteiger partial charge in [-0.15, -0.1) is 11.8 Å². The normalized spacial score (nSPS) is 11.8. The molecule has 0 saturated heterocycles. The molecule has 1 atom stereocenters. The largest absolute Gasteiger partial charge is 0.454 e. The lowest BCUT2D eigenvalue weighted by atomic mass is 10.1. The highest BCUT2D eigenvalue weighted by Crippen LogP contribution is 2.21. The molecule has 114 valence electrons. The van der Waals surface area contributed by atoms with Crippen molar-refractivity contribution in [2.24, 2.45) is 0 Å². The molecule has 0 fully saturated rings. The fourth-order valence-electron chi connectivity index (χ4n) is 2.01. The number of hydrogen-bond donors (Lipinski definition) is 0. The van der Waals surface area contributed by atoms with E-state index in [9.17, 15) is 9.59 Å². The molecule has 0 saturated carbocycles. The van der Waals surface area contributed by atoms with Crippen molar-refractivity contribution in [3.05, 3.63) is 65.2 Å². The Hall–Kier alpha value is -2.07. The summed E-state index contributed by atoms with van der Waals surface area (Å²) in [4.78, 5) is 24.5. The number of carbonyl (C=O) groups excluding carboxylic acids is 2. The Balaban J connectivity index is 2.05. The van der Waals surface area contributed by atoms with Gasteiger partial charge in [-0.2, -0.15) is 0 Å². The van der Waals surface area contributed by atoms with Crippen molar-refractivity contribution in [3.8, 4) is 0 Å².